The average Bonchev–Trinajstić information content (AvgIpc) is 2.32. The molecule has 2 aromatic heterocycles. The van der Waals surface area contributed by atoms with Gasteiger partial charge in [-0.25, -0.2) is 4.68 Å². The lowest BCUT2D eigenvalue weighted by atomic mass is 10.4. The molecule has 2 rings (SSSR count). The number of H-pyrrole nitrogens is 1. The molecule has 0 spiro atoms. The van der Waals surface area contributed by atoms with Gasteiger partial charge in [0.05, 0.1) is 0 Å². The highest BCUT2D eigenvalue weighted by atomic mass is 16.1. The van der Waals surface area contributed by atoms with Gasteiger partial charge in [-0.3, -0.25) is 4.79 Å². The Morgan fingerprint density at radius 2 is 2.45 bits per heavy atom. The van der Waals surface area contributed by atoms with Crippen LogP contribution in [0.3, 0.4) is 0 Å². The molecule has 0 aromatic carbocycles. The molecule has 0 unspecified atom stereocenters. The number of aromatic nitrogens is 4. The molecule has 2 aromatic rings. The van der Waals surface area contributed by atoms with E-state index in [0.717, 1.165) is 5.52 Å². The van der Waals surface area contributed by atoms with E-state index in [1.165, 1.54) is 6.07 Å². The molecule has 2 heterocycles. The van der Waals surface area contributed by atoms with Crippen molar-refractivity contribution in [2.24, 2.45) is 7.05 Å². The Hall–Kier alpha value is -1.65. The molecule has 0 aliphatic carbocycles. The van der Waals surface area contributed by atoms with Crippen molar-refractivity contribution in [3.05, 3.63) is 22.6 Å². The van der Waals surface area contributed by atoms with Crippen LogP contribution in [0, 0.1) is 0 Å². The third-order valence-electron chi connectivity index (χ3n) is 1.52. The Bertz CT molecular complexity index is 441. The number of nitrogens with zero attached hydrogens (tertiary/aromatic N) is 3. The summed E-state index contributed by atoms with van der Waals surface area (Å²) in [4.78, 5) is 13.3. The number of rotatable bonds is 0. The van der Waals surface area contributed by atoms with E-state index in [1.807, 2.05) is 0 Å². The molecule has 0 aliphatic rings. The van der Waals surface area contributed by atoms with Crippen LogP contribution in [0.15, 0.2) is 17.1 Å². The van der Waals surface area contributed by atoms with Gasteiger partial charge < -0.3 is 4.98 Å². The molecule has 1 N–H and O–H groups in total. The molecule has 11 heavy (non-hydrogen) atoms. The summed E-state index contributed by atoms with van der Waals surface area (Å²) >= 11 is 0. The van der Waals surface area contributed by atoms with Crippen LogP contribution in [0.2, 0.25) is 0 Å². The van der Waals surface area contributed by atoms with E-state index in [-0.39, 0.29) is 5.56 Å². The standard InChI is InChI=1S/C6H6N4O/c1-10-5-3-7-6(11)2-4(5)8-9-10/h2-3H,1H3,(H,7,11). The third kappa shape index (κ3) is 0.813. The fraction of sp³-hybridized carbons (Fsp3) is 0.167. The molecule has 5 nitrogen and oxygen atoms in total. The minimum absolute atomic E-state index is 0.155. The fourth-order valence-electron chi connectivity index (χ4n) is 0.956. The lowest BCUT2D eigenvalue weighted by molar-refractivity contribution is 0.735. The molecule has 0 saturated heterocycles. The van der Waals surface area contributed by atoms with Crippen LogP contribution in [0.25, 0.3) is 11.0 Å². The topological polar surface area (TPSA) is 63.6 Å². The Morgan fingerprint density at radius 1 is 1.64 bits per heavy atom. The zero-order valence-corrected chi connectivity index (χ0v) is 5.90. The molecule has 0 saturated carbocycles. The first-order chi connectivity index (χ1) is 5.27. The lowest BCUT2D eigenvalue weighted by Gasteiger charge is -1.87. The number of pyridine rings is 1. The number of fused-ring (bicyclic) bond motifs is 1. The zero-order valence-electron chi connectivity index (χ0n) is 5.90. The van der Waals surface area contributed by atoms with E-state index < -0.39 is 0 Å². The van der Waals surface area contributed by atoms with Crippen molar-refractivity contribution in [2.45, 2.75) is 0 Å². The molecule has 0 amide bonds. The van der Waals surface area contributed by atoms with Gasteiger partial charge in [-0.2, -0.15) is 0 Å². The average molecular weight is 150 g/mol. The van der Waals surface area contributed by atoms with Crippen LogP contribution in [-0.4, -0.2) is 20.0 Å². The maximum absolute atomic E-state index is 10.8. The summed E-state index contributed by atoms with van der Waals surface area (Å²) in [5.41, 5.74) is 1.29. The molecule has 56 valence electrons. The largest absolute Gasteiger partial charge is 0.327 e. The van der Waals surface area contributed by atoms with Crippen molar-refractivity contribution in [1.82, 2.24) is 20.0 Å². The quantitative estimate of drug-likeness (QED) is 0.558. The summed E-state index contributed by atoms with van der Waals surface area (Å²) < 4.78 is 1.60. The van der Waals surface area contributed by atoms with Crippen molar-refractivity contribution < 1.29 is 0 Å². The summed E-state index contributed by atoms with van der Waals surface area (Å²) in [6.45, 7) is 0. The van der Waals surface area contributed by atoms with Crippen LogP contribution in [0.5, 0.6) is 0 Å². The van der Waals surface area contributed by atoms with Crippen LogP contribution in [0.4, 0.5) is 0 Å². The highest BCUT2D eigenvalue weighted by Gasteiger charge is 1.99. The third-order valence-corrected chi connectivity index (χ3v) is 1.52. The monoisotopic (exact) mass is 150 g/mol. The Morgan fingerprint density at radius 3 is 3.27 bits per heavy atom. The highest BCUT2D eigenvalue weighted by molar-refractivity contribution is 5.72. The predicted molar refractivity (Wildman–Crippen MR) is 39.1 cm³/mol. The van der Waals surface area contributed by atoms with E-state index in [4.69, 9.17) is 0 Å². The number of hydrogen-bond acceptors (Lipinski definition) is 3. The van der Waals surface area contributed by atoms with E-state index in [1.54, 1.807) is 17.9 Å². The van der Waals surface area contributed by atoms with Gasteiger partial charge in [-0.15, -0.1) is 5.10 Å². The molecule has 5 heteroatoms. The second kappa shape index (κ2) is 1.91. The predicted octanol–water partition coefficient (Wildman–Crippen LogP) is -0.343. The van der Waals surface area contributed by atoms with Crippen LogP contribution < -0.4 is 5.56 Å². The normalized spacial score (nSPS) is 10.6. The van der Waals surface area contributed by atoms with Gasteiger partial charge in [0.15, 0.2) is 0 Å². The van der Waals surface area contributed by atoms with E-state index in [0.29, 0.717) is 5.52 Å². The molecule has 0 aliphatic heterocycles. The SMILES string of the molecule is Cn1nnc2cc(=O)[nH]cc21. The summed E-state index contributed by atoms with van der Waals surface area (Å²) in [6.07, 6.45) is 1.59. The second-order valence-corrected chi connectivity index (χ2v) is 2.28. The van der Waals surface area contributed by atoms with Gasteiger partial charge in [0.1, 0.15) is 11.0 Å². The van der Waals surface area contributed by atoms with Gasteiger partial charge in [-0.1, -0.05) is 5.21 Å². The van der Waals surface area contributed by atoms with Crippen molar-refractivity contribution in [1.29, 1.82) is 0 Å². The maximum Gasteiger partial charge on any atom is 0.250 e. The summed E-state index contributed by atoms with van der Waals surface area (Å²) in [7, 11) is 1.77. The number of aryl methyl sites for hydroxylation is 1. The van der Waals surface area contributed by atoms with E-state index >= 15 is 0 Å². The number of hydrogen-bond donors (Lipinski definition) is 1. The Balaban J connectivity index is 2.96. The van der Waals surface area contributed by atoms with Crippen molar-refractivity contribution in [3.8, 4) is 0 Å². The number of aromatic amines is 1. The van der Waals surface area contributed by atoms with Crippen molar-refractivity contribution in [3.63, 3.8) is 0 Å². The minimum atomic E-state index is -0.155. The number of nitrogens with one attached hydrogen (secondary N) is 1. The fourth-order valence-corrected chi connectivity index (χ4v) is 0.956. The molecule has 0 atom stereocenters. The first-order valence-corrected chi connectivity index (χ1v) is 3.15. The van der Waals surface area contributed by atoms with Gasteiger partial charge in [0, 0.05) is 19.3 Å². The van der Waals surface area contributed by atoms with Gasteiger partial charge in [0.25, 0.3) is 0 Å². The summed E-state index contributed by atoms with van der Waals surface area (Å²) in [5, 5.41) is 7.52. The van der Waals surface area contributed by atoms with Crippen LogP contribution in [-0.2, 0) is 7.05 Å². The maximum atomic E-state index is 10.8. The van der Waals surface area contributed by atoms with Crippen LogP contribution in [0.1, 0.15) is 0 Å². The van der Waals surface area contributed by atoms with Crippen molar-refractivity contribution in [2.75, 3.05) is 0 Å². The molecule has 0 radical (unpaired) electrons. The van der Waals surface area contributed by atoms with Gasteiger partial charge in [-0.05, 0) is 0 Å². The van der Waals surface area contributed by atoms with E-state index in [9.17, 15) is 4.79 Å². The smallest absolute Gasteiger partial charge is 0.250 e. The zero-order chi connectivity index (χ0) is 7.84. The van der Waals surface area contributed by atoms with Gasteiger partial charge >= 0.3 is 0 Å². The molecular weight excluding hydrogens is 144 g/mol. The van der Waals surface area contributed by atoms with E-state index in [2.05, 4.69) is 15.3 Å². The van der Waals surface area contributed by atoms with Crippen molar-refractivity contribution >= 4 is 11.0 Å². The molecular formula is C6H6N4O. The molecule has 0 bridgehead atoms. The summed E-state index contributed by atoms with van der Waals surface area (Å²) in [6, 6.07) is 1.42. The Labute approximate surface area is 61.7 Å². The highest BCUT2D eigenvalue weighted by Crippen LogP contribution is 2.02. The first-order valence-electron chi connectivity index (χ1n) is 3.15. The van der Waals surface area contributed by atoms with Crippen LogP contribution >= 0.6 is 0 Å². The summed E-state index contributed by atoms with van der Waals surface area (Å²) in [5.74, 6) is 0. The minimum Gasteiger partial charge on any atom is -0.327 e. The second-order valence-electron chi connectivity index (χ2n) is 2.28. The lowest BCUT2D eigenvalue weighted by Crippen LogP contribution is -2.02. The van der Waals surface area contributed by atoms with Gasteiger partial charge in [0.2, 0.25) is 5.56 Å². The Kier molecular flexibility index (Phi) is 1.06. The first kappa shape index (κ1) is 6.09. The molecule has 0 fully saturated rings.